The molecule has 0 saturated heterocycles. The van der Waals surface area contributed by atoms with E-state index in [2.05, 4.69) is 35.8 Å². The van der Waals surface area contributed by atoms with Gasteiger partial charge in [0.1, 0.15) is 0 Å². The van der Waals surface area contributed by atoms with Crippen LogP contribution in [0.1, 0.15) is 37.9 Å². The molecule has 2 aromatic rings. The van der Waals surface area contributed by atoms with Crippen molar-refractivity contribution < 1.29 is 0 Å². The van der Waals surface area contributed by atoms with E-state index >= 15 is 0 Å². The molecule has 0 bridgehead atoms. The summed E-state index contributed by atoms with van der Waals surface area (Å²) in [7, 11) is 0. The molecule has 0 aliphatic carbocycles. The Morgan fingerprint density at radius 2 is 1.65 bits per heavy atom. The Labute approximate surface area is 102 Å². The Morgan fingerprint density at radius 1 is 1.06 bits per heavy atom. The molecule has 0 N–H and O–H groups in total. The highest BCUT2D eigenvalue weighted by Gasteiger charge is 2.17. The van der Waals surface area contributed by atoms with Crippen LogP contribution in [-0.4, -0.2) is 19.7 Å². The highest BCUT2D eigenvalue weighted by molar-refractivity contribution is 5.20. The first-order valence-corrected chi connectivity index (χ1v) is 5.75. The summed E-state index contributed by atoms with van der Waals surface area (Å²) in [5.41, 5.74) is 3.00. The zero-order chi connectivity index (χ0) is 12.6. The van der Waals surface area contributed by atoms with Crippen LogP contribution in [0.4, 0.5) is 0 Å². The number of rotatable bonds is 1. The maximum atomic E-state index is 4.53. The van der Waals surface area contributed by atoms with Crippen molar-refractivity contribution in [1.29, 1.82) is 0 Å². The second-order valence-corrected chi connectivity index (χ2v) is 5.35. The van der Waals surface area contributed by atoms with Crippen LogP contribution >= 0.6 is 0 Å². The topological polar surface area (TPSA) is 43.6 Å². The van der Waals surface area contributed by atoms with Crippen LogP contribution in [0.25, 0.3) is 5.95 Å². The summed E-state index contributed by atoms with van der Waals surface area (Å²) in [4.78, 5) is 8.78. The highest BCUT2D eigenvalue weighted by atomic mass is 15.3. The molecule has 0 radical (unpaired) electrons. The molecule has 90 valence electrons. The highest BCUT2D eigenvalue weighted by Crippen LogP contribution is 2.20. The van der Waals surface area contributed by atoms with Gasteiger partial charge in [-0.2, -0.15) is 5.10 Å². The molecule has 2 heterocycles. The molecule has 4 heteroatoms. The van der Waals surface area contributed by atoms with Gasteiger partial charge in [0.25, 0.3) is 5.95 Å². The minimum Gasteiger partial charge on any atom is -0.216 e. The summed E-state index contributed by atoms with van der Waals surface area (Å²) < 4.78 is 1.74. The van der Waals surface area contributed by atoms with Gasteiger partial charge in [0.2, 0.25) is 0 Å². The average Bonchev–Trinajstić information content (AvgIpc) is 2.63. The fourth-order valence-corrected chi connectivity index (χ4v) is 1.65. The molecule has 0 fully saturated rings. The van der Waals surface area contributed by atoms with Crippen molar-refractivity contribution in [2.45, 2.75) is 40.0 Å². The molecule has 2 rings (SSSR count). The quantitative estimate of drug-likeness (QED) is 0.756. The van der Waals surface area contributed by atoms with Crippen LogP contribution in [0.5, 0.6) is 0 Å². The molecular formula is C13H18N4. The van der Waals surface area contributed by atoms with E-state index in [0.717, 1.165) is 17.1 Å². The zero-order valence-electron chi connectivity index (χ0n) is 11.0. The zero-order valence-corrected chi connectivity index (χ0v) is 11.0. The summed E-state index contributed by atoms with van der Waals surface area (Å²) in [5, 5.41) is 4.53. The van der Waals surface area contributed by atoms with Gasteiger partial charge in [-0.05, 0) is 26.0 Å². The van der Waals surface area contributed by atoms with Gasteiger partial charge >= 0.3 is 0 Å². The van der Waals surface area contributed by atoms with E-state index in [1.807, 2.05) is 32.2 Å². The SMILES string of the molecule is Cc1cc(C)nc(-n2ccc(C(C)(C)C)n2)n1. The summed E-state index contributed by atoms with van der Waals surface area (Å²) in [6.07, 6.45) is 1.91. The molecular weight excluding hydrogens is 212 g/mol. The Morgan fingerprint density at radius 3 is 2.12 bits per heavy atom. The van der Waals surface area contributed by atoms with Gasteiger partial charge < -0.3 is 0 Å². The lowest BCUT2D eigenvalue weighted by molar-refractivity contribution is 0.558. The molecule has 0 saturated carbocycles. The average molecular weight is 230 g/mol. The largest absolute Gasteiger partial charge is 0.250 e. The Bertz CT molecular complexity index is 514. The second-order valence-electron chi connectivity index (χ2n) is 5.35. The molecule has 17 heavy (non-hydrogen) atoms. The Kier molecular flexibility index (Phi) is 2.73. The number of aromatic nitrogens is 4. The molecule has 0 aliphatic rings. The van der Waals surface area contributed by atoms with Crippen molar-refractivity contribution in [3.8, 4) is 5.95 Å². The predicted molar refractivity (Wildman–Crippen MR) is 67.3 cm³/mol. The molecule has 0 spiro atoms. The molecule has 2 aromatic heterocycles. The van der Waals surface area contributed by atoms with Gasteiger partial charge in [-0.25, -0.2) is 14.6 Å². The van der Waals surface area contributed by atoms with Crippen molar-refractivity contribution in [2.75, 3.05) is 0 Å². The lowest BCUT2D eigenvalue weighted by Gasteiger charge is -2.14. The minimum atomic E-state index is 0.0458. The summed E-state index contributed by atoms with van der Waals surface area (Å²) in [6.45, 7) is 10.4. The lowest BCUT2D eigenvalue weighted by atomic mass is 9.93. The maximum absolute atomic E-state index is 4.53. The summed E-state index contributed by atoms with van der Waals surface area (Å²) >= 11 is 0. The lowest BCUT2D eigenvalue weighted by Crippen LogP contribution is -2.13. The third kappa shape index (κ3) is 2.52. The maximum Gasteiger partial charge on any atom is 0.250 e. The van der Waals surface area contributed by atoms with Gasteiger partial charge in [-0.3, -0.25) is 0 Å². The van der Waals surface area contributed by atoms with Gasteiger partial charge in [0.15, 0.2) is 0 Å². The summed E-state index contributed by atoms with van der Waals surface area (Å²) in [6, 6.07) is 3.97. The molecule has 4 nitrogen and oxygen atoms in total. The van der Waals surface area contributed by atoms with Crippen LogP contribution < -0.4 is 0 Å². The van der Waals surface area contributed by atoms with E-state index in [4.69, 9.17) is 0 Å². The third-order valence-electron chi connectivity index (χ3n) is 2.53. The van der Waals surface area contributed by atoms with Gasteiger partial charge in [0, 0.05) is 23.0 Å². The monoisotopic (exact) mass is 230 g/mol. The summed E-state index contributed by atoms with van der Waals surface area (Å²) in [5.74, 6) is 0.637. The molecule has 0 amide bonds. The van der Waals surface area contributed by atoms with Crippen molar-refractivity contribution in [1.82, 2.24) is 19.7 Å². The smallest absolute Gasteiger partial charge is 0.216 e. The van der Waals surface area contributed by atoms with Crippen LogP contribution in [-0.2, 0) is 5.41 Å². The predicted octanol–water partition coefficient (Wildman–Crippen LogP) is 2.58. The minimum absolute atomic E-state index is 0.0458. The van der Waals surface area contributed by atoms with E-state index in [1.54, 1.807) is 4.68 Å². The molecule has 0 aromatic carbocycles. The van der Waals surface area contributed by atoms with Gasteiger partial charge in [-0.1, -0.05) is 20.8 Å². The van der Waals surface area contributed by atoms with E-state index in [1.165, 1.54) is 0 Å². The van der Waals surface area contributed by atoms with Crippen molar-refractivity contribution in [3.05, 3.63) is 35.4 Å². The first-order valence-electron chi connectivity index (χ1n) is 5.75. The van der Waals surface area contributed by atoms with Crippen molar-refractivity contribution in [3.63, 3.8) is 0 Å². The fraction of sp³-hybridized carbons (Fsp3) is 0.462. The second kappa shape index (κ2) is 3.95. The number of aryl methyl sites for hydroxylation is 2. The first kappa shape index (κ1) is 11.8. The molecule has 0 aliphatic heterocycles. The van der Waals surface area contributed by atoms with Crippen molar-refractivity contribution in [2.24, 2.45) is 0 Å². The van der Waals surface area contributed by atoms with Crippen LogP contribution in [0.2, 0.25) is 0 Å². The van der Waals surface area contributed by atoms with E-state index in [-0.39, 0.29) is 5.41 Å². The van der Waals surface area contributed by atoms with Crippen molar-refractivity contribution >= 4 is 0 Å². The standard InChI is InChI=1S/C13H18N4/c1-9-8-10(2)15-12(14-9)17-7-6-11(16-17)13(3,4)5/h6-8H,1-5H3. The normalized spacial score (nSPS) is 11.8. The first-order chi connectivity index (χ1) is 7.86. The fourth-order valence-electron chi connectivity index (χ4n) is 1.65. The van der Waals surface area contributed by atoms with E-state index < -0.39 is 0 Å². The Balaban J connectivity index is 2.44. The van der Waals surface area contributed by atoms with Crippen LogP contribution in [0, 0.1) is 13.8 Å². The van der Waals surface area contributed by atoms with E-state index in [9.17, 15) is 0 Å². The number of hydrogen-bond acceptors (Lipinski definition) is 3. The Hall–Kier alpha value is -1.71. The third-order valence-corrected chi connectivity index (χ3v) is 2.53. The molecule has 0 unspecified atom stereocenters. The van der Waals surface area contributed by atoms with Crippen LogP contribution in [0.15, 0.2) is 18.3 Å². The number of nitrogens with zero attached hydrogens (tertiary/aromatic N) is 4. The molecule has 0 atom stereocenters. The van der Waals surface area contributed by atoms with Gasteiger partial charge in [-0.15, -0.1) is 0 Å². The number of hydrogen-bond donors (Lipinski definition) is 0. The van der Waals surface area contributed by atoms with Crippen LogP contribution in [0.3, 0.4) is 0 Å². The van der Waals surface area contributed by atoms with E-state index in [0.29, 0.717) is 5.95 Å². The van der Waals surface area contributed by atoms with Gasteiger partial charge in [0.05, 0.1) is 5.69 Å².